The van der Waals surface area contributed by atoms with Crippen molar-refractivity contribution < 1.29 is 4.79 Å². The molecule has 0 heterocycles. The van der Waals surface area contributed by atoms with Gasteiger partial charge >= 0.3 is 6.03 Å². The highest BCUT2D eigenvalue weighted by Gasteiger charge is 2.49. The Morgan fingerprint density at radius 2 is 1.73 bits per heavy atom. The van der Waals surface area contributed by atoms with Crippen molar-refractivity contribution in [3.05, 3.63) is 0 Å². The topological polar surface area (TPSA) is 41.1 Å². The van der Waals surface area contributed by atoms with Gasteiger partial charge in [0.05, 0.1) is 0 Å². The normalized spacial score (nSPS) is 50.7. The van der Waals surface area contributed by atoms with Gasteiger partial charge < -0.3 is 10.6 Å². The molecule has 3 nitrogen and oxygen atoms in total. The minimum absolute atomic E-state index is 0.111. The van der Waals surface area contributed by atoms with Crippen molar-refractivity contribution in [2.45, 2.75) is 63.8 Å². The van der Waals surface area contributed by atoms with Gasteiger partial charge in [-0.3, -0.25) is 0 Å². The van der Waals surface area contributed by atoms with Crippen LogP contribution in [0.3, 0.4) is 0 Å². The SMILES string of the molecule is O=C(NCCC1CCC2CC12)NC1CC2CC3CC(C2)C1C3. The highest BCUT2D eigenvalue weighted by Crippen LogP contribution is 2.56. The average Bonchev–Trinajstić information content (AvgIpc) is 3.10. The molecule has 22 heavy (non-hydrogen) atoms. The van der Waals surface area contributed by atoms with Gasteiger partial charge in [-0.1, -0.05) is 0 Å². The Labute approximate surface area is 134 Å². The molecule has 0 saturated heterocycles. The Kier molecular flexibility index (Phi) is 3.20. The summed E-state index contributed by atoms with van der Waals surface area (Å²) in [5, 5.41) is 6.50. The maximum absolute atomic E-state index is 12.3. The summed E-state index contributed by atoms with van der Waals surface area (Å²) in [6.45, 7) is 0.882. The Bertz CT molecular complexity index is 462. The van der Waals surface area contributed by atoms with Crippen molar-refractivity contribution in [1.82, 2.24) is 10.6 Å². The third-order valence-corrected chi connectivity index (χ3v) is 7.86. The van der Waals surface area contributed by atoms with E-state index in [4.69, 9.17) is 0 Å². The lowest BCUT2D eigenvalue weighted by molar-refractivity contribution is 0.139. The molecule has 5 aliphatic rings. The molecule has 5 aliphatic carbocycles. The first kappa shape index (κ1) is 13.7. The van der Waals surface area contributed by atoms with Crippen LogP contribution in [0.4, 0.5) is 4.79 Å². The third kappa shape index (κ3) is 2.35. The smallest absolute Gasteiger partial charge is 0.315 e. The number of nitrogens with one attached hydrogen (secondary N) is 2. The maximum atomic E-state index is 12.3. The van der Waals surface area contributed by atoms with E-state index in [1.165, 1.54) is 57.8 Å². The number of hydrogen-bond acceptors (Lipinski definition) is 1. The Hall–Kier alpha value is -0.730. The summed E-state index contributed by atoms with van der Waals surface area (Å²) < 4.78 is 0. The first-order valence-electron chi connectivity index (χ1n) is 9.80. The molecule has 5 saturated carbocycles. The second-order valence-electron chi connectivity index (χ2n) is 9.13. The highest BCUT2D eigenvalue weighted by atomic mass is 16.2. The van der Waals surface area contributed by atoms with Crippen LogP contribution < -0.4 is 10.6 Å². The summed E-state index contributed by atoms with van der Waals surface area (Å²) in [6, 6.07) is 0.579. The molecule has 0 radical (unpaired) electrons. The van der Waals surface area contributed by atoms with Crippen LogP contribution in [0.2, 0.25) is 0 Å². The number of fused-ring (bicyclic) bond motifs is 3. The molecule has 2 amide bonds. The third-order valence-electron chi connectivity index (χ3n) is 7.86. The fraction of sp³-hybridized carbons (Fsp3) is 0.947. The molecule has 0 spiro atoms. The lowest BCUT2D eigenvalue weighted by atomic mass is 9.70. The number of carbonyl (C=O) groups is 1. The van der Waals surface area contributed by atoms with Crippen molar-refractivity contribution >= 4 is 6.03 Å². The van der Waals surface area contributed by atoms with Crippen LogP contribution in [-0.2, 0) is 0 Å². The molecule has 5 fully saturated rings. The van der Waals surface area contributed by atoms with Crippen molar-refractivity contribution in [1.29, 1.82) is 0 Å². The fourth-order valence-corrected chi connectivity index (χ4v) is 6.89. The van der Waals surface area contributed by atoms with Crippen LogP contribution in [0, 0.1) is 41.4 Å². The van der Waals surface area contributed by atoms with Gasteiger partial charge in [0, 0.05) is 12.6 Å². The van der Waals surface area contributed by atoms with E-state index in [2.05, 4.69) is 10.6 Å². The van der Waals surface area contributed by atoms with Crippen LogP contribution in [0.25, 0.3) is 0 Å². The van der Waals surface area contributed by atoms with Crippen LogP contribution in [0.1, 0.15) is 57.8 Å². The molecule has 8 unspecified atom stereocenters. The molecule has 0 aromatic carbocycles. The standard InChI is InChI=1S/C19H30N2O/c22-19(20-4-3-13-1-2-14-10-16(13)14)21-18-9-12-5-11-6-15(7-12)17(18)8-11/h11-18H,1-10H2,(H2,20,21,22). The molecule has 0 aliphatic heterocycles. The first-order valence-corrected chi connectivity index (χ1v) is 9.80. The van der Waals surface area contributed by atoms with E-state index in [0.29, 0.717) is 6.04 Å². The molecule has 2 N–H and O–H groups in total. The van der Waals surface area contributed by atoms with E-state index in [0.717, 1.165) is 48.0 Å². The number of amides is 2. The predicted octanol–water partition coefficient (Wildman–Crippen LogP) is 3.55. The van der Waals surface area contributed by atoms with Gasteiger partial charge in [-0.15, -0.1) is 0 Å². The van der Waals surface area contributed by atoms with Crippen LogP contribution in [0.15, 0.2) is 0 Å². The van der Waals surface area contributed by atoms with Crippen molar-refractivity contribution in [2.24, 2.45) is 41.4 Å². The lowest BCUT2D eigenvalue weighted by Gasteiger charge is -2.39. The van der Waals surface area contributed by atoms with Gasteiger partial charge in [-0.05, 0) is 99.2 Å². The molecule has 8 atom stereocenters. The van der Waals surface area contributed by atoms with Gasteiger partial charge in [-0.2, -0.15) is 0 Å². The molecule has 122 valence electrons. The average molecular weight is 302 g/mol. The Morgan fingerprint density at radius 3 is 2.50 bits per heavy atom. The minimum Gasteiger partial charge on any atom is -0.338 e. The first-order chi connectivity index (χ1) is 10.8. The molecular formula is C19H30N2O. The van der Waals surface area contributed by atoms with Crippen LogP contribution >= 0.6 is 0 Å². The molecule has 3 heteroatoms. The highest BCUT2D eigenvalue weighted by molar-refractivity contribution is 5.74. The van der Waals surface area contributed by atoms with E-state index < -0.39 is 0 Å². The van der Waals surface area contributed by atoms with E-state index in [9.17, 15) is 4.79 Å². The zero-order chi connectivity index (χ0) is 14.7. The van der Waals surface area contributed by atoms with Crippen molar-refractivity contribution in [3.63, 3.8) is 0 Å². The van der Waals surface area contributed by atoms with E-state index >= 15 is 0 Å². The minimum atomic E-state index is 0.111. The van der Waals surface area contributed by atoms with Gasteiger partial charge in [0.15, 0.2) is 0 Å². The van der Waals surface area contributed by atoms with Crippen LogP contribution in [0.5, 0.6) is 0 Å². The van der Waals surface area contributed by atoms with Gasteiger partial charge in [0.2, 0.25) is 0 Å². The van der Waals surface area contributed by atoms with E-state index in [1.54, 1.807) is 0 Å². The van der Waals surface area contributed by atoms with Gasteiger partial charge in [0.1, 0.15) is 0 Å². The summed E-state index contributed by atoms with van der Waals surface area (Å²) in [5.41, 5.74) is 0. The summed E-state index contributed by atoms with van der Waals surface area (Å²) in [6.07, 6.45) is 12.5. The summed E-state index contributed by atoms with van der Waals surface area (Å²) in [7, 11) is 0. The monoisotopic (exact) mass is 302 g/mol. The summed E-state index contributed by atoms with van der Waals surface area (Å²) >= 11 is 0. The Balaban J connectivity index is 1.09. The number of urea groups is 1. The fourth-order valence-electron chi connectivity index (χ4n) is 6.89. The largest absolute Gasteiger partial charge is 0.338 e. The molecule has 0 aromatic heterocycles. The van der Waals surface area contributed by atoms with Crippen molar-refractivity contribution in [3.8, 4) is 0 Å². The zero-order valence-electron chi connectivity index (χ0n) is 13.6. The second-order valence-corrected chi connectivity index (χ2v) is 9.13. The Morgan fingerprint density at radius 1 is 0.864 bits per heavy atom. The summed E-state index contributed by atoms with van der Waals surface area (Å²) in [5.74, 6) is 6.59. The van der Waals surface area contributed by atoms with Crippen LogP contribution in [-0.4, -0.2) is 18.6 Å². The lowest BCUT2D eigenvalue weighted by Crippen LogP contribution is -2.49. The zero-order valence-corrected chi connectivity index (χ0v) is 13.6. The molecule has 3 bridgehead atoms. The quantitative estimate of drug-likeness (QED) is 0.819. The predicted molar refractivity (Wildman–Crippen MR) is 86.3 cm³/mol. The molecule has 5 rings (SSSR count). The molecular weight excluding hydrogens is 272 g/mol. The molecule has 0 aromatic rings. The van der Waals surface area contributed by atoms with Gasteiger partial charge in [-0.25, -0.2) is 4.79 Å². The van der Waals surface area contributed by atoms with Crippen molar-refractivity contribution in [2.75, 3.05) is 6.54 Å². The number of carbonyl (C=O) groups excluding carboxylic acids is 1. The maximum Gasteiger partial charge on any atom is 0.315 e. The van der Waals surface area contributed by atoms with Gasteiger partial charge in [0.25, 0.3) is 0 Å². The summed E-state index contributed by atoms with van der Waals surface area (Å²) in [4.78, 5) is 12.3. The van der Waals surface area contributed by atoms with E-state index in [1.807, 2.05) is 0 Å². The number of rotatable bonds is 4. The number of hydrogen-bond donors (Lipinski definition) is 2. The second kappa shape index (κ2) is 5.14. The van der Waals surface area contributed by atoms with E-state index in [-0.39, 0.29) is 6.03 Å².